The average molecular weight is 306 g/mol. The van der Waals surface area contributed by atoms with Gasteiger partial charge in [0.2, 0.25) is 0 Å². The molecular formula is C15H18N2O5. The van der Waals surface area contributed by atoms with Crippen molar-refractivity contribution in [3.63, 3.8) is 0 Å². The van der Waals surface area contributed by atoms with Gasteiger partial charge >= 0.3 is 17.8 Å². The first-order valence-electron chi connectivity index (χ1n) is 6.97. The molecule has 0 aromatic heterocycles. The summed E-state index contributed by atoms with van der Waals surface area (Å²) in [7, 11) is 2.89. The van der Waals surface area contributed by atoms with Crippen LogP contribution in [-0.2, 0) is 9.59 Å². The molecule has 1 aliphatic heterocycles. The first kappa shape index (κ1) is 15.8. The SMILES string of the molecule is CCCCN1C(=O)C(=O)N(c2cc(OC)ccc2OC)C1=O. The molecule has 7 heteroatoms. The topological polar surface area (TPSA) is 76.2 Å². The molecule has 0 saturated carbocycles. The summed E-state index contributed by atoms with van der Waals surface area (Å²) in [5.74, 6) is -0.931. The molecule has 0 radical (unpaired) electrons. The van der Waals surface area contributed by atoms with Crippen LogP contribution >= 0.6 is 0 Å². The molecule has 0 aliphatic carbocycles. The van der Waals surface area contributed by atoms with Gasteiger partial charge in [0, 0.05) is 12.6 Å². The third-order valence-electron chi connectivity index (χ3n) is 3.42. The Morgan fingerprint density at radius 3 is 2.36 bits per heavy atom. The normalized spacial score (nSPS) is 14.8. The van der Waals surface area contributed by atoms with Crippen LogP contribution in [0.3, 0.4) is 0 Å². The van der Waals surface area contributed by atoms with Crippen molar-refractivity contribution >= 4 is 23.5 Å². The zero-order valence-corrected chi connectivity index (χ0v) is 12.8. The van der Waals surface area contributed by atoms with E-state index in [1.807, 2.05) is 6.92 Å². The van der Waals surface area contributed by atoms with E-state index in [0.717, 1.165) is 16.2 Å². The Bertz CT molecular complexity index is 614. The van der Waals surface area contributed by atoms with Gasteiger partial charge in [-0.1, -0.05) is 13.3 Å². The lowest BCUT2D eigenvalue weighted by atomic mass is 10.2. The van der Waals surface area contributed by atoms with Gasteiger partial charge in [0.15, 0.2) is 0 Å². The largest absolute Gasteiger partial charge is 0.497 e. The van der Waals surface area contributed by atoms with Crippen LogP contribution in [0.1, 0.15) is 19.8 Å². The molecule has 1 aromatic carbocycles. The molecule has 4 amide bonds. The number of nitrogens with zero attached hydrogens (tertiary/aromatic N) is 2. The average Bonchev–Trinajstić information content (AvgIpc) is 2.74. The Morgan fingerprint density at radius 2 is 1.77 bits per heavy atom. The Morgan fingerprint density at radius 1 is 1.05 bits per heavy atom. The minimum atomic E-state index is -0.882. The molecule has 7 nitrogen and oxygen atoms in total. The van der Waals surface area contributed by atoms with Gasteiger partial charge in [0.25, 0.3) is 0 Å². The summed E-state index contributed by atoms with van der Waals surface area (Å²) in [6.45, 7) is 2.17. The number of unbranched alkanes of at least 4 members (excludes halogenated alkanes) is 1. The Labute approximate surface area is 128 Å². The third-order valence-corrected chi connectivity index (χ3v) is 3.42. The number of hydrogen-bond acceptors (Lipinski definition) is 5. The van der Waals surface area contributed by atoms with Crippen molar-refractivity contribution < 1.29 is 23.9 Å². The van der Waals surface area contributed by atoms with E-state index in [1.165, 1.54) is 20.3 Å². The molecule has 2 rings (SSSR count). The molecular weight excluding hydrogens is 288 g/mol. The molecule has 1 aromatic rings. The van der Waals surface area contributed by atoms with E-state index < -0.39 is 17.8 Å². The quantitative estimate of drug-likeness (QED) is 0.591. The van der Waals surface area contributed by atoms with Gasteiger partial charge in [-0.15, -0.1) is 0 Å². The molecule has 1 fully saturated rings. The van der Waals surface area contributed by atoms with Gasteiger partial charge in [-0.05, 0) is 18.6 Å². The minimum Gasteiger partial charge on any atom is -0.497 e. The molecule has 0 unspecified atom stereocenters. The van der Waals surface area contributed by atoms with Gasteiger partial charge in [-0.2, -0.15) is 0 Å². The molecule has 0 N–H and O–H groups in total. The second-order valence-electron chi connectivity index (χ2n) is 4.77. The van der Waals surface area contributed by atoms with Crippen LogP contribution in [0.25, 0.3) is 0 Å². The van der Waals surface area contributed by atoms with Crippen LogP contribution in [0.15, 0.2) is 18.2 Å². The number of methoxy groups -OCH3 is 2. The zero-order chi connectivity index (χ0) is 16.3. The number of hydrogen-bond donors (Lipinski definition) is 0. The summed E-state index contributed by atoms with van der Waals surface area (Å²) in [5, 5.41) is 0. The molecule has 1 heterocycles. The fraction of sp³-hybridized carbons (Fsp3) is 0.400. The summed E-state index contributed by atoms with van der Waals surface area (Å²) < 4.78 is 10.3. The summed E-state index contributed by atoms with van der Waals surface area (Å²) in [6.07, 6.45) is 1.46. The number of carbonyl (C=O) groups excluding carboxylic acids is 3. The van der Waals surface area contributed by atoms with Crippen molar-refractivity contribution in [2.45, 2.75) is 19.8 Å². The number of ether oxygens (including phenoxy) is 2. The van der Waals surface area contributed by atoms with E-state index >= 15 is 0 Å². The number of imide groups is 2. The highest BCUT2D eigenvalue weighted by Crippen LogP contribution is 2.35. The molecule has 0 spiro atoms. The lowest BCUT2D eigenvalue weighted by molar-refractivity contribution is -0.139. The number of anilines is 1. The van der Waals surface area contributed by atoms with E-state index in [-0.39, 0.29) is 12.2 Å². The zero-order valence-electron chi connectivity index (χ0n) is 12.8. The van der Waals surface area contributed by atoms with E-state index in [0.29, 0.717) is 17.9 Å². The molecule has 1 saturated heterocycles. The maximum absolute atomic E-state index is 12.4. The standard InChI is InChI=1S/C15H18N2O5/c1-4-5-8-16-13(18)14(19)17(15(16)20)11-9-10(21-2)6-7-12(11)22-3/h6-7,9H,4-5,8H2,1-3H3. The van der Waals surface area contributed by atoms with Gasteiger partial charge in [0.1, 0.15) is 11.5 Å². The van der Waals surface area contributed by atoms with Crippen molar-refractivity contribution in [2.24, 2.45) is 0 Å². The number of carbonyl (C=O) groups is 3. The summed E-state index contributed by atoms with van der Waals surface area (Å²) in [5.41, 5.74) is 0.198. The fourth-order valence-electron chi connectivity index (χ4n) is 2.20. The van der Waals surface area contributed by atoms with Crippen LogP contribution in [0.4, 0.5) is 10.5 Å². The van der Waals surface area contributed by atoms with Crippen molar-refractivity contribution in [1.29, 1.82) is 0 Å². The predicted octanol–water partition coefficient (Wildman–Crippen LogP) is 1.80. The van der Waals surface area contributed by atoms with Crippen LogP contribution in [0.5, 0.6) is 11.5 Å². The van der Waals surface area contributed by atoms with Crippen molar-refractivity contribution in [2.75, 3.05) is 25.7 Å². The Balaban J connectivity index is 2.41. The van der Waals surface area contributed by atoms with E-state index in [1.54, 1.807) is 12.1 Å². The highest BCUT2D eigenvalue weighted by atomic mass is 16.5. The number of rotatable bonds is 6. The number of urea groups is 1. The number of benzene rings is 1. The van der Waals surface area contributed by atoms with Crippen molar-refractivity contribution in [1.82, 2.24) is 4.90 Å². The highest BCUT2D eigenvalue weighted by Gasteiger charge is 2.46. The van der Waals surface area contributed by atoms with Crippen molar-refractivity contribution in [3.05, 3.63) is 18.2 Å². The molecule has 1 aliphatic rings. The fourth-order valence-corrected chi connectivity index (χ4v) is 2.20. The number of amides is 4. The highest BCUT2D eigenvalue weighted by molar-refractivity contribution is 6.53. The maximum atomic E-state index is 12.4. The van der Waals surface area contributed by atoms with Gasteiger partial charge in [0.05, 0.1) is 19.9 Å². The lowest BCUT2D eigenvalue weighted by Crippen LogP contribution is -2.34. The van der Waals surface area contributed by atoms with Gasteiger partial charge in [-0.3, -0.25) is 14.5 Å². The Hall–Kier alpha value is -2.57. The second kappa shape index (κ2) is 6.46. The second-order valence-corrected chi connectivity index (χ2v) is 4.77. The molecule has 0 atom stereocenters. The molecule has 22 heavy (non-hydrogen) atoms. The van der Waals surface area contributed by atoms with Crippen LogP contribution in [0.2, 0.25) is 0 Å². The first-order chi connectivity index (χ1) is 10.5. The third kappa shape index (κ3) is 2.61. The predicted molar refractivity (Wildman–Crippen MR) is 79.0 cm³/mol. The molecule has 118 valence electrons. The van der Waals surface area contributed by atoms with E-state index in [9.17, 15) is 14.4 Å². The van der Waals surface area contributed by atoms with E-state index in [2.05, 4.69) is 0 Å². The van der Waals surface area contributed by atoms with E-state index in [4.69, 9.17) is 9.47 Å². The minimum absolute atomic E-state index is 0.198. The first-order valence-corrected chi connectivity index (χ1v) is 6.97. The summed E-state index contributed by atoms with van der Waals surface area (Å²) >= 11 is 0. The Kier molecular flexibility index (Phi) is 4.65. The summed E-state index contributed by atoms with van der Waals surface area (Å²) in [6, 6.07) is 4.05. The van der Waals surface area contributed by atoms with Crippen molar-refractivity contribution in [3.8, 4) is 11.5 Å². The maximum Gasteiger partial charge on any atom is 0.339 e. The monoisotopic (exact) mass is 306 g/mol. The summed E-state index contributed by atoms with van der Waals surface area (Å²) in [4.78, 5) is 38.4. The van der Waals surface area contributed by atoms with Crippen LogP contribution in [0, 0.1) is 0 Å². The van der Waals surface area contributed by atoms with Crippen LogP contribution < -0.4 is 14.4 Å². The smallest absolute Gasteiger partial charge is 0.339 e. The van der Waals surface area contributed by atoms with Gasteiger partial charge < -0.3 is 9.47 Å². The lowest BCUT2D eigenvalue weighted by Gasteiger charge is -2.18. The van der Waals surface area contributed by atoms with Crippen LogP contribution in [-0.4, -0.2) is 43.5 Å². The molecule has 0 bridgehead atoms. The van der Waals surface area contributed by atoms with Gasteiger partial charge in [-0.25, -0.2) is 9.69 Å².